The summed E-state index contributed by atoms with van der Waals surface area (Å²) in [5, 5.41) is 12.6. The average Bonchev–Trinajstić information content (AvgIpc) is 2.85. The molecule has 0 saturated carbocycles. The zero-order chi connectivity index (χ0) is 11.6. The second-order valence-corrected chi connectivity index (χ2v) is 5.64. The third-order valence-corrected chi connectivity index (χ3v) is 4.11. The third-order valence-electron chi connectivity index (χ3n) is 2.27. The zero-order valence-electron chi connectivity index (χ0n) is 9.52. The molecule has 6 heteroatoms. The smallest absolute Gasteiger partial charge is 0.112 e. The van der Waals surface area contributed by atoms with E-state index in [-0.39, 0.29) is 5.54 Å². The van der Waals surface area contributed by atoms with Gasteiger partial charge in [-0.2, -0.15) is 0 Å². The van der Waals surface area contributed by atoms with E-state index in [9.17, 15) is 0 Å². The van der Waals surface area contributed by atoms with Crippen molar-refractivity contribution in [2.75, 3.05) is 0 Å². The highest BCUT2D eigenvalue weighted by molar-refractivity contribution is 7.09. The fourth-order valence-corrected chi connectivity index (χ4v) is 2.64. The van der Waals surface area contributed by atoms with Crippen LogP contribution < -0.4 is 5.32 Å². The predicted octanol–water partition coefficient (Wildman–Crippen LogP) is 2.33. The molecule has 0 aliphatic heterocycles. The normalized spacial score (nSPS) is 11.9. The predicted molar refractivity (Wildman–Crippen MR) is 66.6 cm³/mol. The molecule has 0 bridgehead atoms. The quantitative estimate of drug-likeness (QED) is 0.910. The molecule has 16 heavy (non-hydrogen) atoms. The first-order chi connectivity index (χ1) is 7.58. The zero-order valence-corrected chi connectivity index (χ0v) is 11.2. The van der Waals surface area contributed by atoms with Gasteiger partial charge in [0.15, 0.2) is 0 Å². The van der Waals surface area contributed by atoms with Crippen LogP contribution in [0.15, 0.2) is 10.8 Å². The standard InChI is InChI=1S/C10H14N4S2/c1-7-5-15-9(12-7)10(2,3)11-4-8-6-16-14-13-8/h5-6,11H,4H2,1-3H3. The van der Waals surface area contributed by atoms with Gasteiger partial charge in [0, 0.05) is 23.0 Å². The fraction of sp³-hybridized carbons (Fsp3) is 0.500. The highest BCUT2D eigenvalue weighted by Crippen LogP contribution is 2.23. The Kier molecular flexibility index (Phi) is 3.32. The van der Waals surface area contributed by atoms with E-state index in [0.29, 0.717) is 0 Å². The molecule has 4 nitrogen and oxygen atoms in total. The number of thiazole rings is 1. The van der Waals surface area contributed by atoms with Crippen LogP contribution in [0, 0.1) is 6.92 Å². The van der Waals surface area contributed by atoms with E-state index in [0.717, 1.165) is 22.9 Å². The maximum atomic E-state index is 4.50. The van der Waals surface area contributed by atoms with Crippen molar-refractivity contribution in [3.05, 3.63) is 27.2 Å². The number of hydrogen-bond acceptors (Lipinski definition) is 6. The van der Waals surface area contributed by atoms with Crippen LogP contribution in [0.25, 0.3) is 0 Å². The molecule has 0 unspecified atom stereocenters. The maximum Gasteiger partial charge on any atom is 0.112 e. The molecule has 0 saturated heterocycles. The van der Waals surface area contributed by atoms with E-state index in [4.69, 9.17) is 0 Å². The lowest BCUT2D eigenvalue weighted by Crippen LogP contribution is -2.36. The SMILES string of the molecule is Cc1csc(C(C)(C)NCc2csnn2)n1. The Morgan fingerprint density at radius 1 is 1.38 bits per heavy atom. The summed E-state index contributed by atoms with van der Waals surface area (Å²) in [5.74, 6) is 0. The minimum absolute atomic E-state index is 0.122. The van der Waals surface area contributed by atoms with Gasteiger partial charge in [0.1, 0.15) is 5.01 Å². The van der Waals surface area contributed by atoms with Crippen LogP contribution in [0.4, 0.5) is 0 Å². The lowest BCUT2D eigenvalue weighted by Gasteiger charge is -2.23. The average molecular weight is 254 g/mol. The van der Waals surface area contributed by atoms with Gasteiger partial charge in [-0.1, -0.05) is 4.49 Å². The molecule has 0 spiro atoms. The Labute approximate surface area is 103 Å². The van der Waals surface area contributed by atoms with Crippen molar-refractivity contribution >= 4 is 22.9 Å². The molecule has 1 N–H and O–H groups in total. The van der Waals surface area contributed by atoms with E-state index in [1.165, 1.54) is 11.5 Å². The Balaban J connectivity index is 2.02. The lowest BCUT2D eigenvalue weighted by molar-refractivity contribution is 0.396. The van der Waals surface area contributed by atoms with Gasteiger partial charge in [0.2, 0.25) is 0 Å². The molecule has 0 atom stereocenters. The van der Waals surface area contributed by atoms with Crippen molar-refractivity contribution < 1.29 is 0 Å². The number of nitrogens with one attached hydrogen (secondary N) is 1. The van der Waals surface area contributed by atoms with Crippen LogP contribution in [0.3, 0.4) is 0 Å². The minimum atomic E-state index is -0.122. The Morgan fingerprint density at radius 2 is 2.19 bits per heavy atom. The molecule has 0 amide bonds. The van der Waals surface area contributed by atoms with E-state index < -0.39 is 0 Å². The Morgan fingerprint density at radius 3 is 2.75 bits per heavy atom. The summed E-state index contributed by atoms with van der Waals surface area (Å²) in [6.45, 7) is 7.00. The summed E-state index contributed by atoms with van der Waals surface area (Å²) < 4.78 is 3.84. The molecule has 0 fully saturated rings. The van der Waals surface area contributed by atoms with Crippen molar-refractivity contribution in [1.82, 2.24) is 19.9 Å². The van der Waals surface area contributed by atoms with Crippen LogP contribution in [-0.2, 0) is 12.1 Å². The van der Waals surface area contributed by atoms with Gasteiger partial charge in [-0.3, -0.25) is 0 Å². The van der Waals surface area contributed by atoms with Gasteiger partial charge in [0.05, 0.1) is 11.2 Å². The van der Waals surface area contributed by atoms with Gasteiger partial charge in [0.25, 0.3) is 0 Å². The summed E-state index contributed by atoms with van der Waals surface area (Å²) in [5.41, 5.74) is 1.93. The van der Waals surface area contributed by atoms with Crippen molar-refractivity contribution in [3.8, 4) is 0 Å². The number of hydrogen-bond donors (Lipinski definition) is 1. The Bertz CT molecular complexity index is 447. The van der Waals surface area contributed by atoms with Gasteiger partial charge < -0.3 is 5.32 Å². The number of nitrogens with zero attached hydrogens (tertiary/aromatic N) is 3. The van der Waals surface area contributed by atoms with E-state index in [1.54, 1.807) is 11.3 Å². The maximum absolute atomic E-state index is 4.50. The van der Waals surface area contributed by atoms with Gasteiger partial charge in [-0.05, 0) is 32.3 Å². The van der Waals surface area contributed by atoms with Crippen molar-refractivity contribution in [2.24, 2.45) is 0 Å². The molecule has 0 aliphatic rings. The fourth-order valence-electron chi connectivity index (χ4n) is 1.29. The van der Waals surface area contributed by atoms with Crippen LogP contribution in [-0.4, -0.2) is 14.6 Å². The summed E-state index contributed by atoms with van der Waals surface area (Å²) in [6.07, 6.45) is 0. The minimum Gasteiger partial charge on any atom is -0.300 e. The third kappa shape index (κ3) is 2.63. The first-order valence-corrected chi connectivity index (χ1v) is 6.73. The highest BCUT2D eigenvalue weighted by Gasteiger charge is 2.23. The van der Waals surface area contributed by atoms with Crippen LogP contribution in [0.1, 0.15) is 30.2 Å². The first kappa shape index (κ1) is 11.6. The molecular formula is C10H14N4S2. The monoisotopic (exact) mass is 254 g/mol. The number of rotatable bonds is 4. The van der Waals surface area contributed by atoms with Crippen LogP contribution in [0.5, 0.6) is 0 Å². The lowest BCUT2D eigenvalue weighted by atomic mass is 10.1. The van der Waals surface area contributed by atoms with Crippen molar-refractivity contribution in [3.63, 3.8) is 0 Å². The molecule has 0 aliphatic carbocycles. The summed E-state index contributed by atoms with van der Waals surface area (Å²) >= 11 is 3.06. The molecule has 2 aromatic heterocycles. The Hall–Kier alpha value is -0.850. The second kappa shape index (κ2) is 4.57. The van der Waals surface area contributed by atoms with Gasteiger partial charge >= 0.3 is 0 Å². The van der Waals surface area contributed by atoms with Crippen LogP contribution >= 0.6 is 22.9 Å². The molecule has 2 rings (SSSR count). The second-order valence-electron chi connectivity index (χ2n) is 4.17. The van der Waals surface area contributed by atoms with Gasteiger partial charge in [-0.15, -0.1) is 16.4 Å². The molecule has 0 aromatic carbocycles. The molecule has 2 aromatic rings. The number of aryl methyl sites for hydroxylation is 1. The van der Waals surface area contributed by atoms with Gasteiger partial charge in [-0.25, -0.2) is 4.98 Å². The number of aromatic nitrogens is 3. The van der Waals surface area contributed by atoms with E-state index >= 15 is 0 Å². The first-order valence-electron chi connectivity index (χ1n) is 5.01. The van der Waals surface area contributed by atoms with E-state index in [2.05, 4.69) is 39.1 Å². The van der Waals surface area contributed by atoms with Crippen molar-refractivity contribution in [1.29, 1.82) is 0 Å². The molecule has 0 radical (unpaired) electrons. The van der Waals surface area contributed by atoms with Crippen molar-refractivity contribution in [2.45, 2.75) is 32.9 Å². The summed E-state index contributed by atoms with van der Waals surface area (Å²) in [6, 6.07) is 0. The summed E-state index contributed by atoms with van der Waals surface area (Å²) in [4.78, 5) is 4.50. The van der Waals surface area contributed by atoms with E-state index in [1.807, 2.05) is 12.3 Å². The largest absolute Gasteiger partial charge is 0.300 e. The van der Waals surface area contributed by atoms with Crippen LogP contribution in [0.2, 0.25) is 0 Å². The topological polar surface area (TPSA) is 50.7 Å². The molecular weight excluding hydrogens is 240 g/mol. The molecule has 86 valence electrons. The highest BCUT2D eigenvalue weighted by atomic mass is 32.1. The molecule has 2 heterocycles. The summed E-state index contributed by atoms with van der Waals surface area (Å²) in [7, 11) is 0.